The molecule has 0 unspecified atom stereocenters. The van der Waals surface area contributed by atoms with E-state index in [1.54, 1.807) is 30.3 Å². The summed E-state index contributed by atoms with van der Waals surface area (Å²) in [5, 5.41) is 8.32. The summed E-state index contributed by atoms with van der Waals surface area (Å²) >= 11 is 0. The van der Waals surface area contributed by atoms with Crippen LogP contribution in [0.3, 0.4) is 0 Å². The Morgan fingerprint density at radius 3 is 2.20 bits per heavy atom. The topological polar surface area (TPSA) is 84.0 Å². The highest BCUT2D eigenvalue weighted by atomic mass is 32.2. The molecule has 0 amide bonds. The number of sulfone groups is 1. The van der Waals surface area contributed by atoms with E-state index < -0.39 is 15.6 Å². The third kappa shape index (κ3) is 3.70. The molecule has 0 aliphatic heterocycles. The third-order valence-electron chi connectivity index (χ3n) is 1.93. The van der Waals surface area contributed by atoms with Crippen molar-refractivity contribution in [3.63, 3.8) is 0 Å². The van der Waals surface area contributed by atoms with Crippen LogP contribution in [0.2, 0.25) is 0 Å². The van der Waals surface area contributed by atoms with Crippen LogP contribution in [-0.2, 0) is 22.1 Å². The molecular weight excluding hydrogens is 212 g/mol. The van der Waals surface area contributed by atoms with Crippen molar-refractivity contribution in [3.05, 3.63) is 35.4 Å². The minimum absolute atomic E-state index is 0.0919. The Bertz CT molecular complexity index is 457. The van der Waals surface area contributed by atoms with Gasteiger partial charge in [0.2, 0.25) is 0 Å². The molecular formula is C10H12N2O2S. The van der Waals surface area contributed by atoms with Gasteiger partial charge in [0, 0.05) is 6.54 Å². The average Bonchev–Trinajstić information content (AvgIpc) is 2.18. The highest BCUT2D eigenvalue weighted by Gasteiger charge is 2.10. The maximum absolute atomic E-state index is 11.3. The predicted molar refractivity (Wildman–Crippen MR) is 57.4 cm³/mol. The third-order valence-corrected chi connectivity index (χ3v) is 3.27. The zero-order valence-corrected chi connectivity index (χ0v) is 9.00. The van der Waals surface area contributed by atoms with E-state index in [0.29, 0.717) is 12.1 Å². The van der Waals surface area contributed by atoms with E-state index in [1.165, 1.54) is 0 Å². The largest absolute Gasteiger partial charge is 0.326 e. The first-order valence-corrected chi connectivity index (χ1v) is 6.25. The zero-order chi connectivity index (χ0) is 11.3. The van der Waals surface area contributed by atoms with Gasteiger partial charge in [0.05, 0.1) is 11.8 Å². The van der Waals surface area contributed by atoms with Crippen molar-refractivity contribution < 1.29 is 8.42 Å². The molecule has 1 aromatic carbocycles. The van der Waals surface area contributed by atoms with Crippen molar-refractivity contribution in [2.45, 2.75) is 12.3 Å². The smallest absolute Gasteiger partial charge is 0.167 e. The summed E-state index contributed by atoms with van der Waals surface area (Å²) in [6.45, 7) is 0.436. The maximum atomic E-state index is 11.3. The first kappa shape index (κ1) is 11.7. The summed E-state index contributed by atoms with van der Waals surface area (Å²) in [5.41, 5.74) is 7.05. The highest BCUT2D eigenvalue weighted by molar-refractivity contribution is 7.90. The molecule has 0 heterocycles. The zero-order valence-electron chi connectivity index (χ0n) is 8.18. The van der Waals surface area contributed by atoms with Gasteiger partial charge in [0.25, 0.3) is 0 Å². The number of nitrogens with two attached hydrogens (primary N) is 1. The van der Waals surface area contributed by atoms with Crippen molar-refractivity contribution in [2.75, 3.05) is 5.75 Å². The number of hydrogen-bond donors (Lipinski definition) is 1. The van der Waals surface area contributed by atoms with Gasteiger partial charge in [-0.05, 0) is 11.1 Å². The van der Waals surface area contributed by atoms with Crippen LogP contribution in [0.4, 0.5) is 0 Å². The predicted octanol–water partition coefficient (Wildman–Crippen LogP) is 0.584. The Kier molecular flexibility index (Phi) is 3.83. The van der Waals surface area contributed by atoms with Crippen LogP contribution in [0.25, 0.3) is 0 Å². The van der Waals surface area contributed by atoms with Gasteiger partial charge in [0.15, 0.2) is 9.84 Å². The van der Waals surface area contributed by atoms with Crippen LogP contribution in [0, 0.1) is 11.3 Å². The van der Waals surface area contributed by atoms with E-state index in [9.17, 15) is 8.42 Å². The van der Waals surface area contributed by atoms with Gasteiger partial charge in [-0.25, -0.2) is 8.42 Å². The van der Waals surface area contributed by atoms with Crippen LogP contribution in [0.5, 0.6) is 0 Å². The number of benzene rings is 1. The summed E-state index contributed by atoms with van der Waals surface area (Å²) < 4.78 is 22.6. The molecule has 0 bridgehead atoms. The van der Waals surface area contributed by atoms with Gasteiger partial charge < -0.3 is 5.73 Å². The summed E-state index contributed by atoms with van der Waals surface area (Å²) in [4.78, 5) is 0. The molecule has 0 saturated heterocycles. The van der Waals surface area contributed by atoms with Crippen molar-refractivity contribution >= 4 is 9.84 Å². The number of nitriles is 1. The second-order valence-electron chi connectivity index (χ2n) is 3.21. The first-order chi connectivity index (χ1) is 7.07. The van der Waals surface area contributed by atoms with Crippen molar-refractivity contribution in [2.24, 2.45) is 5.73 Å². The Morgan fingerprint density at radius 1 is 1.20 bits per heavy atom. The molecule has 0 aromatic heterocycles. The highest BCUT2D eigenvalue weighted by Crippen LogP contribution is 2.08. The Balaban J connectivity index is 2.78. The summed E-state index contributed by atoms with van der Waals surface area (Å²) in [6.07, 6.45) is 0. The molecule has 1 rings (SSSR count). The van der Waals surface area contributed by atoms with Gasteiger partial charge in [-0.15, -0.1) is 0 Å². The molecule has 15 heavy (non-hydrogen) atoms. The maximum Gasteiger partial charge on any atom is 0.167 e. The van der Waals surface area contributed by atoms with Crippen LogP contribution in [0.1, 0.15) is 11.1 Å². The standard InChI is InChI=1S/C10H12N2O2S/c11-5-6-15(13,14)8-10-3-1-9(7-12)2-4-10/h1-4H,6-8,12H2. The van der Waals surface area contributed by atoms with Crippen molar-refractivity contribution in [1.29, 1.82) is 5.26 Å². The van der Waals surface area contributed by atoms with Gasteiger partial charge in [0.1, 0.15) is 5.75 Å². The van der Waals surface area contributed by atoms with E-state index in [4.69, 9.17) is 11.0 Å². The van der Waals surface area contributed by atoms with Gasteiger partial charge in [-0.2, -0.15) is 5.26 Å². The fourth-order valence-corrected chi connectivity index (χ4v) is 2.17. The van der Waals surface area contributed by atoms with Crippen LogP contribution in [-0.4, -0.2) is 14.2 Å². The summed E-state index contributed by atoms with van der Waals surface area (Å²) in [5.74, 6) is -0.531. The Hall–Kier alpha value is -1.38. The molecule has 0 fully saturated rings. The van der Waals surface area contributed by atoms with Crippen molar-refractivity contribution in [3.8, 4) is 6.07 Å². The molecule has 80 valence electrons. The molecule has 0 spiro atoms. The lowest BCUT2D eigenvalue weighted by Gasteiger charge is -2.01. The fraction of sp³-hybridized carbons (Fsp3) is 0.300. The SMILES string of the molecule is N#CCS(=O)(=O)Cc1ccc(CN)cc1. The van der Waals surface area contributed by atoms with Crippen LogP contribution < -0.4 is 5.73 Å². The van der Waals surface area contributed by atoms with E-state index in [-0.39, 0.29) is 5.75 Å². The monoisotopic (exact) mass is 224 g/mol. The van der Waals surface area contributed by atoms with E-state index in [2.05, 4.69) is 0 Å². The minimum atomic E-state index is -3.30. The second kappa shape index (κ2) is 4.91. The quantitative estimate of drug-likeness (QED) is 0.811. The molecule has 0 atom stereocenters. The lowest BCUT2D eigenvalue weighted by Crippen LogP contribution is -2.07. The molecule has 2 N–H and O–H groups in total. The van der Waals surface area contributed by atoms with Gasteiger partial charge >= 0.3 is 0 Å². The molecule has 5 heteroatoms. The summed E-state index contributed by atoms with van der Waals surface area (Å²) in [7, 11) is -3.30. The van der Waals surface area contributed by atoms with E-state index >= 15 is 0 Å². The van der Waals surface area contributed by atoms with Crippen LogP contribution >= 0.6 is 0 Å². The van der Waals surface area contributed by atoms with E-state index in [1.807, 2.05) is 0 Å². The first-order valence-electron chi connectivity index (χ1n) is 4.42. The molecule has 0 aliphatic rings. The van der Waals surface area contributed by atoms with Crippen LogP contribution in [0.15, 0.2) is 24.3 Å². The molecule has 0 radical (unpaired) electrons. The molecule has 0 aliphatic carbocycles. The van der Waals surface area contributed by atoms with E-state index in [0.717, 1.165) is 5.56 Å². The second-order valence-corrected chi connectivity index (χ2v) is 5.28. The van der Waals surface area contributed by atoms with Gasteiger partial charge in [-0.1, -0.05) is 24.3 Å². The number of nitrogens with zero attached hydrogens (tertiary/aromatic N) is 1. The normalized spacial score (nSPS) is 10.9. The molecule has 1 aromatic rings. The molecule has 4 nitrogen and oxygen atoms in total. The number of hydrogen-bond acceptors (Lipinski definition) is 4. The minimum Gasteiger partial charge on any atom is -0.326 e. The Morgan fingerprint density at radius 2 is 1.73 bits per heavy atom. The molecule has 0 saturated carbocycles. The lowest BCUT2D eigenvalue weighted by molar-refractivity contribution is 0.598. The fourth-order valence-electron chi connectivity index (χ4n) is 1.17. The summed E-state index contributed by atoms with van der Waals surface area (Å²) in [6, 6.07) is 8.66. The van der Waals surface area contributed by atoms with Gasteiger partial charge in [-0.3, -0.25) is 0 Å². The van der Waals surface area contributed by atoms with Crippen molar-refractivity contribution in [1.82, 2.24) is 0 Å². The lowest BCUT2D eigenvalue weighted by atomic mass is 10.1. The average molecular weight is 224 g/mol. The number of rotatable bonds is 4. The Labute approximate surface area is 89.2 Å².